The Morgan fingerprint density at radius 3 is 1.61 bits per heavy atom. The Balaban J connectivity index is -0.00000116. The second kappa shape index (κ2) is 27.5. The molecule has 7 heteroatoms. The van der Waals surface area contributed by atoms with E-state index in [1.807, 2.05) is 0 Å². The van der Waals surface area contributed by atoms with Crippen molar-refractivity contribution >= 4 is 51.9 Å². The molecule has 0 aliphatic heterocycles. The van der Waals surface area contributed by atoms with Gasteiger partial charge in [-0.3, -0.25) is 4.79 Å². The van der Waals surface area contributed by atoms with Gasteiger partial charge in [-0.1, -0.05) is 89.1 Å². The van der Waals surface area contributed by atoms with Gasteiger partial charge in [-0.15, -0.1) is 0 Å². The molecule has 176 valence electrons. The van der Waals surface area contributed by atoms with Gasteiger partial charge >= 0.3 is 23.1 Å². The van der Waals surface area contributed by atoms with Gasteiger partial charge in [-0.25, -0.2) is 0 Å². The molecular weight excluding hydrogens is 425 g/mol. The Morgan fingerprint density at radius 1 is 0.774 bits per heavy atom. The molecular formula is C24H42MgO5S. The van der Waals surface area contributed by atoms with Crippen molar-refractivity contribution in [2.75, 3.05) is 0 Å². The van der Waals surface area contributed by atoms with Crippen molar-refractivity contribution < 1.29 is 24.6 Å². The smallest absolute Gasteiger partial charge is 0.550 e. The summed E-state index contributed by atoms with van der Waals surface area (Å²) in [5, 5.41) is 19.0. The molecule has 0 N–H and O–H groups in total. The van der Waals surface area contributed by atoms with E-state index < -0.39 is 17.2 Å². The number of hydrogen-bond acceptors (Lipinski definition) is 6. The maximum atomic E-state index is 11.6. The molecule has 0 spiro atoms. The molecule has 0 aliphatic carbocycles. The number of hydrogen-bond donors (Lipinski definition) is 0. The van der Waals surface area contributed by atoms with Crippen LogP contribution in [0.15, 0.2) is 12.2 Å². The molecule has 0 saturated carbocycles. The fourth-order valence-electron chi connectivity index (χ4n) is 2.64. The van der Waals surface area contributed by atoms with Crippen LogP contribution in [-0.4, -0.2) is 45.4 Å². The van der Waals surface area contributed by atoms with Crippen LogP contribution >= 0.6 is 11.8 Å². The van der Waals surface area contributed by atoms with Crippen molar-refractivity contribution in [2.45, 2.75) is 122 Å². The minimum absolute atomic E-state index is 0. The zero-order valence-corrected chi connectivity index (χ0v) is 22.2. The fourth-order valence-corrected chi connectivity index (χ4v) is 3.40. The summed E-state index contributed by atoms with van der Waals surface area (Å²) in [4.78, 5) is 31.4. The molecule has 0 amide bonds. The Kier molecular flexibility index (Phi) is 31.1. The molecule has 0 bridgehead atoms. The third-order valence-electron chi connectivity index (χ3n) is 4.57. The van der Waals surface area contributed by atoms with E-state index in [9.17, 15) is 24.6 Å². The van der Waals surface area contributed by atoms with Crippen molar-refractivity contribution in [3.63, 3.8) is 0 Å². The summed E-state index contributed by atoms with van der Waals surface area (Å²) in [5.41, 5.74) is 0. The topological polar surface area (TPSA) is 97.3 Å². The van der Waals surface area contributed by atoms with Crippen LogP contribution in [0, 0.1) is 0 Å². The molecule has 1 atom stereocenters. The van der Waals surface area contributed by atoms with Crippen LogP contribution < -0.4 is 10.2 Å². The minimum atomic E-state index is -1.16. The average Bonchev–Trinajstić information content (AvgIpc) is 2.71. The zero-order valence-electron chi connectivity index (χ0n) is 20.0. The van der Waals surface area contributed by atoms with E-state index in [-0.39, 0.29) is 34.6 Å². The summed E-state index contributed by atoms with van der Waals surface area (Å²) in [7, 11) is 0. The fraction of sp³-hybridized carbons (Fsp3) is 0.792. The Bertz CT molecular complexity index is 469. The molecule has 1 unspecified atom stereocenters. The van der Waals surface area contributed by atoms with Crippen LogP contribution in [0.1, 0.15) is 117 Å². The molecule has 0 saturated heterocycles. The van der Waals surface area contributed by atoms with Gasteiger partial charge in [0.2, 0.25) is 0 Å². The molecule has 0 fully saturated rings. The van der Waals surface area contributed by atoms with Gasteiger partial charge in [0.1, 0.15) is 0 Å². The van der Waals surface area contributed by atoms with E-state index in [1.165, 1.54) is 71.6 Å². The summed E-state index contributed by atoms with van der Waals surface area (Å²) >= 11 is 0.884. The van der Waals surface area contributed by atoms with E-state index >= 15 is 0 Å². The Morgan fingerprint density at radius 2 is 1.19 bits per heavy atom. The largest absolute Gasteiger partial charge is 2.00 e. The van der Waals surface area contributed by atoms with E-state index in [0.717, 1.165) is 37.4 Å². The summed E-state index contributed by atoms with van der Waals surface area (Å²) in [6, 6.07) is 0. The normalized spacial score (nSPS) is 11.3. The first kappa shape index (κ1) is 35.1. The number of carboxylic acid groups (broad SMARTS) is 2. The van der Waals surface area contributed by atoms with E-state index in [1.54, 1.807) is 0 Å². The van der Waals surface area contributed by atoms with Crippen molar-refractivity contribution in [3.05, 3.63) is 12.2 Å². The zero-order chi connectivity index (χ0) is 23.0. The van der Waals surface area contributed by atoms with Crippen LogP contribution in [0.2, 0.25) is 0 Å². The number of carboxylic acids is 2. The van der Waals surface area contributed by atoms with Crippen molar-refractivity contribution in [1.29, 1.82) is 0 Å². The Hall–Kier alpha value is -0.534. The molecule has 0 aromatic carbocycles. The SMILES string of the molecule is CCC(=O)[O-].CCCCCCCCC=CCCCCCCCC(=O)SC(C)C(=O)[O-].[Mg+2]. The molecule has 5 nitrogen and oxygen atoms in total. The van der Waals surface area contributed by atoms with E-state index in [4.69, 9.17) is 0 Å². The molecule has 0 aromatic rings. The summed E-state index contributed by atoms with van der Waals surface area (Å²) in [6.45, 7) is 5.29. The molecule has 0 heterocycles. The van der Waals surface area contributed by atoms with Gasteiger partial charge in [-0.05, 0) is 45.4 Å². The first-order valence-electron chi connectivity index (χ1n) is 11.6. The summed E-state index contributed by atoms with van der Waals surface area (Å²) in [6.07, 6.45) is 21.2. The second-order valence-corrected chi connectivity index (χ2v) is 8.91. The maximum Gasteiger partial charge on any atom is 2.00 e. The average molecular weight is 467 g/mol. The van der Waals surface area contributed by atoms with Crippen LogP contribution in [0.5, 0.6) is 0 Å². The van der Waals surface area contributed by atoms with Gasteiger partial charge in [-0.2, -0.15) is 0 Å². The standard InChI is InChI=1S/C21H38O3S.C3H6O2.Mg/c1-3-4-5-6-7-8-9-10-11-12-13-14-15-16-17-18-20(22)25-19(2)21(23)24;1-2-3(4)5;/h10-11,19H,3-9,12-18H2,1-2H3,(H,23,24);2H2,1H3,(H,4,5);/q;;+2/p-2. The number of carbonyl (C=O) groups is 3. The number of unbranched alkanes of at least 4 members (excludes halogenated alkanes) is 11. The number of thioether (sulfide) groups is 1. The summed E-state index contributed by atoms with van der Waals surface area (Å²) < 4.78 is 0. The van der Waals surface area contributed by atoms with Gasteiger partial charge in [0.15, 0.2) is 5.12 Å². The predicted octanol–water partition coefficient (Wildman–Crippen LogP) is 4.19. The molecule has 0 rings (SSSR count). The van der Waals surface area contributed by atoms with Crippen LogP contribution in [0.3, 0.4) is 0 Å². The first-order chi connectivity index (χ1) is 14.3. The third-order valence-corrected chi connectivity index (χ3v) is 5.58. The molecule has 31 heavy (non-hydrogen) atoms. The van der Waals surface area contributed by atoms with E-state index in [0.29, 0.717) is 6.42 Å². The quantitative estimate of drug-likeness (QED) is 0.171. The monoisotopic (exact) mass is 466 g/mol. The molecule has 0 radical (unpaired) electrons. The summed E-state index contributed by atoms with van der Waals surface area (Å²) in [5.74, 6) is -2.16. The maximum absolute atomic E-state index is 11.6. The van der Waals surface area contributed by atoms with Gasteiger partial charge < -0.3 is 19.8 Å². The number of carbonyl (C=O) groups excluding carboxylic acids is 3. The van der Waals surface area contributed by atoms with Gasteiger partial charge in [0, 0.05) is 17.6 Å². The minimum Gasteiger partial charge on any atom is -0.550 e. The van der Waals surface area contributed by atoms with Crippen LogP contribution in [0.4, 0.5) is 0 Å². The Labute approximate surface area is 210 Å². The van der Waals surface area contributed by atoms with Crippen LogP contribution in [-0.2, 0) is 14.4 Å². The second-order valence-electron chi connectivity index (χ2n) is 7.51. The van der Waals surface area contributed by atoms with E-state index in [2.05, 4.69) is 19.1 Å². The van der Waals surface area contributed by atoms with Gasteiger partial charge in [0.25, 0.3) is 0 Å². The third kappa shape index (κ3) is 31.7. The first-order valence-corrected chi connectivity index (χ1v) is 12.5. The van der Waals surface area contributed by atoms with Crippen LogP contribution in [0.25, 0.3) is 0 Å². The number of allylic oxidation sites excluding steroid dienone is 2. The molecule has 0 aromatic heterocycles. The molecule has 0 aliphatic rings. The van der Waals surface area contributed by atoms with Gasteiger partial charge in [0.05, 0.1) is 5.97 Å². The number of rotatable bonds is 18. The van der Waals surface area contributed by atoms with Crippen molar-refractivity contribution in [1.82, 2.24) is 0 Å². The van der Waals surface area contributed by atoms with Crippen molar-refractivity contribution in [2.24, 2.45) is 0 Å². The van der Waals surface area contributed by atoms with Crippen molar-refractivity contribution in [3.8, 4) is 0 Å². The predicted molar refractivity (Wildman–Crippen MR) is 128 cm³/mol. The number of aliphatic carboxylic acids is 2.